The Morgan fingerprint density at radius 2 is 2.27 bits per heavy atom. The van der Waals surface area contributed by atoms with Crippen molar-refractivity contribution in [2.24, 2.45) is 0 Å². The Balaban J connectivity index is 2.28. The van der Waals surface area contributed by atoms with Gasteiger partial charge in [0.2, 0.25) is 0 Å². The van der Waals surface area contributed by atoms with Crippen molar-refractivity contribution in [2.45, 2.75) is 20.4 Å². The van der Waals surface area contributed by atoms with Crippen LogP contribution in [-0.2, 0) is 6.54 Å². The number of nitrogens with two attached hydrogens (primary N) is 1. The van der Waals surface area contributed by atoms with Crippen LogP contribution in [0, 0.1) is 13.8 Å². The lowest BCUT2D eigenvalue weighted by Gasteiger charge is -2.00. The molecule has 2 rings (SSSR count). The van der Waals surface area contributed by atoms with E-state index < -0.39 is 0 Å². The maximum Gasteiger partial charge on any atom is 0.136 e. The van der Waals surface area contributed by atoms with Gasteiger partial charge in [-0.2, -0.15) is 5.10 Å². The lowest BCUT2D eigenvalue weighted by Crippen LogP contribution is -2.06. The molecule has 2 aromatic heterocycles. The van der Waals surface area contributed by atoms with Gasteiger partial charge in [0.15, 0.2) is 0 Å². The minimum absolute atomic E-state index is 0.628. The van der Waals surface area contributed by atoms with E-state index in [1.165, 1.54) is 0 Å². The molecule has 2 N–H and O–H groups in total. The Morgan fingerprint density at radius 1 is 1.53 bits per heavy atom. The highest BCUT2D eigenvalue weighted by Gasteiger charge is 2.10. The van der Waals surface area contributed by atoms with E-state index in [0.29, 0.717) is 12.4 Å². The molecule has 0 aliphatic rings. The van der Waals surface area contributed by atoms with Gasteiger partial charge in [0.05, 0.1) is 27.4 Å². The summed E-state index contributed by atoms with van der Waals surface area (Å²) in [7, 11) is 0. The third kappa shape index (κ3) is 2.05. The topological polar surface area (TPSA) is 56.7 Å². The molecule has 0 atom stereocenters. The highest BCUT2D eigenvalue weighted by Crippen LogP contribution is 2.23. The zero-order valence-corrected chi connectivity index (χ0v) is 10.9. The maximum atomic E-state index is 5.89. The van der Waals surface area contributed by atoms with Crippen LogP contribution in [0.5, 0.6) is 0 Å². The fourth-order valence-electron chi connectivity index (χ4n) is 1.33. The summed E-state index contributed by atoms with van der Waals surface area (Å²) >= 11 is 5.03. The normalized spacial score (nSPS) is 10.9. The van der Waals surface area contributed by atoms with Gasteiger partial charge in [-0.05, 0) is 29.8 Å². The number of hydrogen-bond donors (Lipinski definition) is 1. The standard InChI is InChI=1S/C9H11BrN4S/c1-5-8(10)9(11)14(13-5)3-7-4-15-6(2)12-7/h4H,3,11H2,1-2H3. The van der Waals surface area contributed by atoms with E-state index in [1.807, 2.05) is 19.2 Å². The van der Waals surface area contributed by atoms with Gasteiger partial charge < -0.3 is 5.73 Å². The molecule has 0 spiro atoms. The summed E-state index contributed by atoms with van der Waals surface area (Å²) in [5.41, 5.74) is 7.79. The average molecular weight is 287 g/mol. The Hall–Kier alpha value is -0.880. The first-order valence-electron chi connectivity index (χ1n) is 4.47. The highest BCUT2D eigenvalue weighted by molar-refractivity contribution is 9.10. The lowest BCUT2D eigenvalue weighted by atomic mass is 10.4. The van der Waals surface area contributed by atoms with E-state index in [1.54, 1.807) is 16.0 Å². The first-order chi connectivity index (χ1) is 7.08. The number of halogens is 1. The van der Waals surface area contributed by atoms with Crippen LogP contribution in [0.25, 0.3) is 0 Å². The predicted molar refractivity (Wildman–Crippen MR) is 65.0 cm³/mol. The van der Waals surface area contributed by atoms with E-state index in [2.05, 4.69) is 26.0 Å². The van der Waals surface area contributed by atoms with Crippen LogP contribution in [0.1, 0.15) is 16.4 Å². The molecule has 0 bridgehead atoms. The van der Waals surface area contributed by atoms with Gasteiger partial charge in [0, 0.05) is 5.38 Å². The second-order valence-corrected chi connectivity index (χ2v) is 5.16. The summed E-state index contributed by atoms with van der Waals surface area (Å²) < 4.78 is 2.63. The third-order valence-corrected chi connectivity index (χ3v) is 3.87. The van der Waals surface area contributed by atoms with E-state index in [9.17, 15) is 0 Å². The van der Waals surface area contributed by atoms with Gasteiger partial charge in [-0.25, -0.2) is 9.67 Å². The summed E-state index contributed by atoms with van der Waals surface area (Å²) in [4.78, 5) is 4.37. The van der Waals surface area contributed by atoms with E-state index in [-0.39, 0.29) is 0 Å². The summed E-state index contributed by atoms with van der Waals surface area (Å²) in [6.07, 6.45) is 0. The summed E-state index contributed by atoms with van der Waals surface area (Å²) in [5.74, 6) is 0.651. The van der Waals surface area contributed by atoms with Gasteiger partial charge in [-0.3, -0.25) is 0 Å². The van der Waals surface area contributed by atoms with Crippen molar-refractivity contribution in [3.63, 3.8) is 0 Å². The van der Waals surface area contributed by atoms with Crippen molar-refractivity contribution < 1.29 is 0 Å². The quantitative estimate of drug-likeness (QED) is 0.922. The number of nitrogens with zero attached hydrogens (tertiary/aromatic N) is 3. The molecular weight excluding hydrogens is 276 g/mol. The fraction of sp³-hybridized carbons (Fsp3) is 0.333. The van der Waals surface area contributed by atoms with E-state index in [0.717, 1.165) is 20.9 Å². The average Bonchev–Trinajstić information content (AvgIpc) is 2.68. The fourth-order valence-corrected chi connectivity index (χ4v) is 2.22. The number of hydrogen-bond acceptors (Lipinski definition) is 4. The molecule has 80 valence electrons. The monoisotopic (exact) mass is 286 g/mol. The second-order valence-electron chi connectivity index (χ2n) is 3.30. The molecule has 0 aromatic carbocycles. The first kappa shape index (κ1) is 10.6. The first-order valence-corrected chi connectivity index (χ1v) is 6.14. The highest BCUT2D eigenvalue weighted by atomic mass is 79.9. The van der Waals surface area contributed by atoms with Crippen LogP contribution in [0.3, 0.4) is 0 Å². The van der Waals surface area contributed by atoms with E-state index in [4.69, 9.17) is 5.73 Å². The molecular formula is C9H11BrN4S. The lowest BCUT2D eigenvalue weighted by molar-refractivity contribution is 0.677. The molecule has 0 amide bonds. The molecule has 0 saturated carbocycles. The molecule has 0 saturated heterocycles. The summed E-state index contributed by atoms with van der Waals surface area (Å²) in [5, 5.41) is 7.41. The Bertz CT molecular complexity index is 488. The number of aryl methyl sites for hydroxylation is 2. The number of rotatable bonds is 2. The van der Waals surface area contributed by atoms with Gasteiger partial charge >= 0.3 is 0 Å². The van der Waals surface area contributed by atoms with Crippen LogP contribution in [0.2, 0.25) is 0 Å². The van der Waals surface area contributed by atoms with Gasteiger partial charge in [-0.1, -0.05) is 0 Å². The Morgan fingerprint density at radius 3 is 2.73 bits per heavy atom. The molecule has 6 heteroatoms. The van der Waals surface area contributed by atoms with Crippen molar-refractivity contribution in [3.05, 3.63) is 26.2 Å². The van der Waals surface area contributed by atoms with Crippen LogP contribution in [0.4, 0.5) is 5.82 Å². The van der Waals surface area contributed by atoms with Crippen molar-refractivity contribution in [2.75, 3.05) is 5.73 Å². The SMILES string of the molecule is Cc1nc(Cn2nc(C)c(Br)c2N)cs1. The maximum absolute atomic E-state index is 5.89. The predicted octanol–water partition coefficient (Wildman–Crippen LogP) is 2.35. The number of aromatic nitrogens is 3. The molecule has 0 unspecified atom stereocenters. The molecule has 2 heterocycles. The summed E-state index contributed by atoms with van der Waals surface area (Å²) in [6, 6.07) is 0. The van der Waals surface area contributed by atoms with Crippen molar-refractivity contribution in [3.8, 4) is 0 Å². The summed E-state index contributed by atoms with van der Waals surface area (Å²) in [6.45, 7) is 4.54. The zero-order chi connectivity index (χ0) is 11.0. The number of thiazole rings is 1. The van der Waals surface area contributed by atoms with Crippen molar-refractivity contribution >= 4 is 33.1 Å². The molecule has 0 fully saturated rings. The van der Waals surface area contributed by atoms with Crippen LogP contribution < -0.4 is 5.73 Å². The number of anilines is 1. The second kappa shape index (κ2) is 3.94. The van der Waals surface area contributed by atoms with Crippen LogP contribution >= 0.6 is 27.3 Å². The van der Waals surface area contributed by atoms with Crippen molar-refractivity contribution in [1.82, 2.24) is 14.8 Å². The van der Waals surface area contributed by atoms with E-state index >= 15 is 0 Å². The molecule has 0 aliphatic carbocycles. The largest absolute Gasteiger partial charge is 0.383 e. The minimum Gasteiger partial charge on any atom is -0.383 e. The smallest absolute Gasteiger partial charge is 0.136 e. The van der Waals surface area contributed by atoms with Crippen LogP contribution in [0.15, 0.2) is 9.85 Å². The molecule has 4 nitrogen and oxygen atoms in total. The third-order valence-electron chi connectivity index (χ3n) is 2.07. The van der Waals surface area contributed by atoms with Gasteiger partial charge in [-0.15, -0.1) is 11.3 Å². The molecule has 15 heavy (non-hydrogen) atoms. The minimum atomic E-state index is 0.628. The van der Waals surface area contributed by atoms with Crippen LogP contribution in [-0.4, -0.2) is 14.8 Å². The molecule has 0 aliphatic heterocycles. The van der Waals surface area contributed by atoms with Crippen molar-refractivity contribution in [1.29, 1.82) is 0 Å². The zero-order valence-electron chi connectivity index (χ0n) is 8.49. The Kier molecular flexibility index (Phi) is 2.79. The Labute approximate surface area is 100 Å². The molecule has 0 radical (unpaired) electrons. The molecule has 2 aromatic rings. The van der Waals surface area contributed by atoms with Gasteiger partial charge in [0.25, 0.3) is 0 Å². The number of nitrogen functional groups attached to an aromatic ring is 1. The van der Waals surface area contributed by atoms with Gasteiger partial charge in [0.1, 0.15) is 5.82 Å².